The summed E-state index contributed by atoms with van der Waals surface area (Å²) in [5.74, 6) is 1.60. The number of aliphatic imine (C=N–C) groups is 1. The van der Waals surface area contributed by atoms with Gasteiger partial charge in [-0.05, 0) is 31.7 Å². The van der Waals surface area contributed by atoms with E-state index in [-0.39, 0.29) is 0 Å². The molecule has 0 saturated heterocycles. The summed E-state index contributed by atoms with van der Waals surface area (Å²) in [7, 11) is 3.91. The second-order valence-electron chi connectivity index (χ2n) is 6.60. The highest BCUT2D eigenvalue weighted by molar-refractivity contribution is 5.79. The van der Waals surface area contributed by atoms with Crippen LogP contribution in [0.5, 0.6) is 0 Å². The molecule has 1 unspecified atom stereocenters. The van der Waals surface area contributed by atoms with Crippen LogP contribution >= 0.6 is 0 Å². The van der Waals surface area contributed by atoms with Crippen molar-refractivity contribution in [3.05, 3.63) is 66.1 Å². The summed E-state index contributed by atoms with van der Waals surface area (Å²) in [6.45, 7) is 4.47. The van der Waals surface area contributed by atoms with Gasteiger partial charge in [-0.15, -0.1) is 10.2 Å². The standard InChI is InChI=1S/C20H27N7/c1-16(26(3)15-17-9-5-4-6-10-17)13-22-20(21-2)23-14-19-25-24-18-11-7-8-12-27(18)19/h4-12,16H,13-15H2,1-3H3,(H2,21,22,23). The average molecular weight is 365 g/mol. The van der Waals surface area contributed by atoms with Crippen molar-refractivity contribution in [3.63, 3.8) is 0 Å². The Kier molecular flexibility index (Phi) is 6.38. The molecule has 142 valence electrons. The Morgan fingerprint density at radius 2 is 1.89 bits per heavy atom. The lowest BCUT2D eigenvalue weighted by atomic mass is 10.2. The van der Waals surface area contributed by atoms with E-state index in [1.54, 1.807) is 7.05 Å². The number of likely N-dealkylation sites (N-methyl/N-ethyl adjacent to an activating group) is 1. The van der Waals surface area contributed by atoms with Gasteiger partial charge in [0.2, 0.25) is 0 Å². The maximum Gasteiger partial charge on any atom is 0.191 e. The second kappa shape index (κ2) is 9.14. The minimum absolute atomic E-state index is 0.359. The zero-order chi connectivity index (χ0) is 19.1. The van der Waals surface area contributed by atoms with Crippen LogP contribution in [0.4, 0.5) is 0 Å². The third kappa shape index (κ3) is 5.04. The van der Waals surface area contributed by atoms with Crippen LogP contribution in [-0.4, -0.2) is 52.1 Å². The molecule has 3 rings (SSSR count). The van der Waals surface area contributed by atoms with E-state index in [1.165, 1.54) is 5.56 Å². The molecule has 0 aliphatic carbocycles. The molecule has 7 heteroatoms. The van der Waals surface area contributed by atoms with Crippen molar-refractivity contribution >= 4 is 11.6 Å². The first kappa shape index (κ1) is 18.8. The molecule has 7 nitrogen and oxygen atoms in total. The third-order valence-electron chi connectivity index (χ3n) is 4.61. The van der Waals surface area contributed by atoms with Gasteiger partial charge in [-0.2, -0.15) is 0 Å². The molecular weight excluding hydrogens is 338 g/mol. The van der Waals surface area contributed by atoms with E-state index in [4.69, 9.17) is 0 Å². The van der Waals surface area contributed by atoms with Crippen molar-refractivity contribution in [2.75, 3.05) is 20.6 Å². The highest BCUT2D eigenvalue weighted by Crippen LogP contribution is 2.05. The maximum absolute atomic E-state index is 4.30. The molecule has 0 aliphatic heterocycles. The first-order valence-corrected chi connectivity index (χ1v) is 9.14. The van der Waals surface area contributed by atoms with Crippen molar-refractivity contribution in [1.82, 2.24) is 30.1 Å². The van der Waals surface area contributed by atoms with Crippen molar-refractivity contribution in [2.24, 2.45) is 4.99 Å². The average Bonchev–Trinajstić information content (AvgIpc) is 3.12. The zero-order valence-electron chi connectivity index (χ0n) is 16.1. The van der Waals surface area contributed by atoms with Gasteiger partial charge in [0.15, 0.2) is 17.4 Å². The molecule has 2 N–H and O–H groups in total. The fourth-order valence-corrected chi connectivity index (χ4v) is 2.82. The van der Waals surface area contributed by atoms with Crippen LogP contribution in [0.2, 0.25) is 0 Å². The zero-order valence-corrected chi connectivity index (χ0v) is 16.1. The summed E-state index contributed by atoms with van der Waals surface area (Å²) in [5, 5.41) is 15.1. The van der Waals surface area contributed by atoms with E-state index >= 15 is 0 Å². The summed E-state index contributed by atoms with van der Waals surface area (Å²) in [4.78, 5) is 6.62. The number of aromatic nitrogens is 3. The lowest BCUT2D eigenvalue weighted by molar-refractivity contribution is 0.249. The van der Waals surface area contributed by atoms with Crippen LogP contribution < -0.4 is 10.6 Å². The molecule has 1 aromatic carbocycles. The molecule has 0 spiro atoms. The lowest BCUT2D eigenvalue weighted by Crippen LogP contribution is -2.44. The number of nitrogens with one attached hydrogen (secondary N) is 2. The quantitative estimate of drug-likeness (QED) is 0.494. The molecule has 0 fully saturated rings. The fourth-order valence-electron chi connectivity index (χ4n) is 2.82. The molecule has 3 aromatic rings. The molecule has 1 atom stereocenters. The highest BCUT2D eigenvalue weighted by Gasteiger charge is 2.11. The Balaban J connectivity index is 1.48. The normalized spacial score (nSPS) is 13.1. The van der Waals surface area contributed by atoms with Crippen LogP contribution in [0.3, 0.4) is 0 Å². The van der Waals surface area contributed by atoms with E-state index in [2.05, 4.69) is 69.0 Å². The molecule has 0 aliphatic rings. The van der Waals surface area contributed by atoms with E-state index in [0.717, 1.165) is 30.5 Å². The monoisotopic (exact) mass is 365 g/mol. The number of nitrogens with zero attached hydrogens (tertiary/aromatic N) is 5. The Labute approximate surface area is 160 Å². The largest absolute Gasteiger partial charge is 0.355 e. The van der Waals surface area contributed by atoms with E-state index < -0.39 is 0 Å². The van der Waals surface area contributed by atoms with Gasteiger partial charge in [0.1, 0.15) is 0 Å². The summed E-state index contributed by atoms with van der Waals surface area (Å²) < 4.78 is 1.97. The van der Waals surface area contributed by atoms with Crippen molar-refractivity contribution < 1.29 is 0 Å². The number of pyridine rings is 1. The van der Waals surface area contributed by atoms with Crippen LogP contribution in [-0.2, 0) is 13.1 Å². The van der Waals surface area contributed by atoms with Crippen LogP contribution in [0.25, 0.3) is 5.65 Å². The number of hydrogen-bond donors (Lipinski definition) is 2. The molecule has 27 heavy (non-hydrogen) atoms. The van der Waals surface area contributed by atoms with Crippen molar-refractivity contribution in [1.29, 1.82) is 0 Å². The Bertz CT molecular complexity index is 872. The Morgan fingerprint density at radius 1 is 1.11 bits per heavy atom. The first-order chi connectivity index (χ1) is 13.2. The Hall–Kier alpha value is -2.93. The summed E-state index contributed by atoms with van der Waals surface area (Å²) in [6, 6.07) is 16.7. The summed E-state index contributed by atoms with van der Waals surface area (Å²) in [6.07, 6.45) is 1.96. The van der Waals surface area contributed by atoms with E-state index in [1.807, 2.05) is 34.9 Å². The van der Waals surface area contributed by atoms with Gasteiger partial charge >= 0.3 is 0 Å². The molecule has 0 bridgehead atoms. The molecule has 0 radical (unpaired) electrons. The van der Waals surface area contributed by atoms with Gasteiger partial charge in [-0.1, -0.05) is 36.4 Å². The predicted octanol–water partition coefficient (Wildman–Crippen LogP) is 1.91. The smallest absolute Gasteiger partial charge is 0.191 e. The predicted molar refractivity (Wildman–Crippen MR) is 109 cm³/mol. The summed E-state index contributed by atoms with van der Waals surface area (Å²) >= 11 is 0. The topological polar surface area (TPSA) is 69.8 Å². The third-order valence-corrected chi connectivity index (χ3v) is 4.61. The number of fused-ring (bicyclic) bond motifs is 1. The van der Waals surface area contributed by atoms with Crippen LogP contribution in [0.1, 0.15) is 18.3 Å². The van der Waals surface area contributed by atoms with Gasteiger partial charge in [-0.25, -0.2) is 0 Å². The molecule has 2 heterocycles. The van der Waals surface area contributed by atoms with E-state index in [9.17, 15) is 0 Å². The lowest BCUT2D eigenvalue weighted by Gasteiger charge is -2.25. The Morgan fingerprint density at radius 3 is 2.67 bits per heavy atom. The number of hydrogen-bond acceptors (Lipinski definition) is 4. The molecule has 0 amide bonds. The van der Waals surface area contributed by atoms with Crippen LogP contribution in [0, 0.1) is 0 Å². The minimum atomic E-state index is 0.359. The highest BCUT2D eigenvalue weighted by atomic mass is 15.3. The maximum atomic E-state index is 4.30. The van der Waals surface area contributed by atoms with Crippen molar-refractivity contribution in [2.45, 2.75) is 26.1 Å². The van der Waals surface area contributed by atoms with E-state index in [0.29, 0.717) is 12.6 Å². The van der Waals surface area contributed by atoms with Crippen molar-refractivity contribution in [3.8, 4) is 0 Å². The fraction of sp³-hybridized carbons (Fsp3) is 0.350. The van der Waals surface area contributed by atoms with Gasteiger partial charge in [0.05, 0.1) is 6.54 Å². The van der Waals surface area contributed by atoms with Gasteiger partial charge in [-0.3, -0.25) is 14.3 Å². The van der Waals surface area contributed by atoms with Gasteiger partial charge < -0.3 is 10.6 Å². The minimum Gasteiger partial charge on any atom is -0.355 e. The number of rotatable bonds is 7. The SMILES string of the molecule is CN=C(NCc1nnc2ccccn12)NCC(C)N(C)Cc1ccccc1. The van der Waals surface area contributed by atoms with Crippen LogP contribution in [0.15, 0.2) is 59.7 Å². The number of benzene rings is 1. The number of guanidine groups is 1. The van der Waals surface area contributed by atoms with Gasteiger partial charge in [0, 0.05) is 32.4 Å². The first-order valence-electron chi connectivity index (χ1n) is 9.14. The molecule has 2 aromatic heterocycles. The van der Waals surface area contributed by atoms with Gasteiger partial charge in [0.25, 0.3) is 0 Å². The molecule has 0 saturated carbocycles. The summed E-state index contributed by atoms with van der Waals surface area (Å²) in [5.41, 5.74) is 2.15. The second-order valence-corrected chi connectivity index (χ2v) is 6.60. The molecular formula is C20H27N7.